The van der Waals surface area contributed by atoms with E-state index in [1.165, 1.54) is 29.8 Å². The fraction of sp³-hybridized carbons (Fsp3) is 0.185. The highest BCUT2D eigenvalue weighted by atomic mass is 32.1. The highest BCUT2D eigenvalue weighted by molar-refractivity contribution is 7.19. The number of benzene rings is 2. The number of anilines is 2. The number of hydrogen-bond acceptors (Lipinski definition) is 7. The zero-order chi connectivity index (χ0) is 26.1. The van der Waals surface area contributed by atoms with Gasteiger partial charge < -0.3 is 21.1 Å². The monoisotopic (exact) mass is 527 g/mol. The summed E-state index contributed by atoms with van der Waals surface area (Å²) in [5.41, 5.74) is 2.65. The van der Waals surface area contributed by atoms with Gasteiger partial charge in [-0.2, -0.15) is 5.10 Å². The van der Waals surface area contributed by atoms with Gasteiger partial charge in [0.2, 0.25) is 0 Å². The number of rotatable bonds is 5. The second-order valence-corrected chi connectivity index (χ2v) is 10.0. The Morgan fingerprint density at radius 2 is 2.16 bits per heavy atom. The Labute approximate surface area is 220 Å². The van der Waals surface area contributed by atoms with Gasteiger partial charge in [0.15, 0.2) is 0 Å². The van der Waals surface area contributed by atoms with Crippen molar-refractivity contribution in [2.75, 3.05) is 11.9 Å². The van der Waals surface area contributed by atoms with Gasteiger partial charge in [-0.05, 0) is 48.4 Å². The van der Waals surface area contributed by atoms with Crippen LogP contribution in [0.5, 0.6) is 0 Å². The Balaban J connectivity index is 1.19. The molecule has 0 spiro atoms. The molecule has 0 unspecified atom stereocenters. The zero-order valence-electron chi connectivity index (χ0n) is 20.0. The van der Waals surface area contributed by atoms with Gasteiger partial charge >= 0.3 is 6.09 Å². The van der Waals surface area contributed by atoms with Crippen molar-refractivity contribution in [2.45, 2.75) is 25.0 Å². The fourth-order valence-corrected chi connectivity index (χ4v) is 5.40. The molecule has 1 aliphatic rings. The Hall–Kier alpha value is -4.53. The summed E-state index contributed by atoms with van der Waals surface area (Å²) in [4.78, 5) is 21.4. The quantitative estimate of drug-likeness (QED) is 0.252. The Morgan fingerprint density at radius 3 is 3.03 bits per heavy atom. The van der Waals surface area contributed by atoms with Crippen LogP contribution in [0.15, 0.2) is 61.1 Å². The molecule has 0 saturated carbocycles. The van der Waals surface area contributed by atoms with Gasteiger partial charge in [0, 0.05) is 23.7 Å². The standard InChI is InChI=1S/C27H22FN7O2S/c28-18-3-1-2-16(8-18)14-35-24-7-5-20(9-17(24)12-32-35)33-25-23-11-22(38-26(23)31-15-30-25)6-4-19-10-21(13-29-19)34-27(36)37/h1-3,5,7-9,11-12,15,19,21,29,34H,10,13-14H2,(H,36,37)(H,30,31,33)/t19-,21-/m1/s1. The van der Waals surface area contributed by atoms with E-state index < -0.39 is 6.09 Å². The largest absolute Gasteiger partial charge is 0.465 e. The van der Waals surface area contributed by atoms with Crippen LogP contribution in [0.4, 0.5) is 20.7 Å². The van der Waals surface area contributed by atoms with Gasteiger partial charge in [-0.3, -0.25) is 4.68 Å². The highest BCUT2D eigenvalue weighted by Crippen LogP contribution is 2.30. The molecular weight excluding hydrogens is 505 g/mol. The molecule has 5 aromatic rings. The number of hydrogen-bond donors (Lipinski definition) is 4. The van der Waals surface area contributed by atoms with Crippen molar-refractivity contribution in [3.63, 3.8) is 0 Å². The van der Waals surface area contributed by atoms with Crippen LogP contribution in [-0.4, -0.2) is 49.6 Å². The van der Waals surface area contributed by atoms with Crippen LogP contribution in [0.25, 0.3) is 21.1 Å². The summed E-state index contributed by atoms with van der Waals surface area (Å²) in [6, 6.07) is 14.2. The van der Waals surface area contributed by atoms with Crippen LogP contribution in [0.1, 0.15) is 16.9 Å². The summed E-state index contributed by atoms with van der Waals surface area (Å²) in [7, 11) is 0. The normalized spacial score (nSPS) is 16.9. The molecular formula is C27H22FN7O2S. The number of aromatic nitrogens is 4. The van der Waals surface area contributed by atoms with Gasteiger partial charge in [-0.1, -0.05) is 24.0 Å². The van der Waals surface area contributed by atoms with E-state index in [1.807, 2.05) is 35.0 Å². The number of carboxylic acid groups (broad SMARTS) is 1. The molecule has 3 aromatic heterocycles. The maximum absolute atomic E-state index is 13.6. The molecule has 1 aliphatic heterocycles. The van der Waals surface area contributed by atoms with Crippen molar-refractivity contribution in [2.24, 2.45) is 0 Å². The lowest BCUT2D eigenvalue weighted by molar-refractivity contribution is 0.190. The second-order valence-electron chi connectivity index (χ2n) is 8.99. The lowest BCUT2D eigenvalue weighted by atomic mass is 10.2. The fourth-order valence-electron chi connectivity index (χ4n) is 4.54. The molecule has 6 rings (SSSR count). The zero-order valence-corrected chi connectivity index (χ0v) is 20.8. The van der Waals surface area contributed by atoms with Crippen LogP contribution in [-0.2, 0) is 6.54 Å². The van der Waals surface area contributed by atoms with Crippen LogP contribution in [0.3, 0.4) is 0 Å². The Bertz CT molecular complexity index is 1720. The maximum atomic E-state index is 13.6. The molecule has 1 amide bonds. The predicted molar refractivity (Wildman–Crippen MR) is 144 cm³/mol. The van der Waals surface area contributed by atoms with Gasteiger partial charge in [0.05, 0.1) is 34.6 Å². The van der Waals surface area contributed by atoms with E-state index in [2.05, 4.69) is 42.9 Å². The topological polar surface area (TPSA) is 117 Å². The van der Waals surface area contributed by atoms with Crippen LogP contribution in [0.2, 0.25) is 0 Å². The molecule has 2 atom stereocenters. The smallest absolute Gasteiger partial charge is 0.404 e. The molecule has 38 heavy (non-hydrogen) atoms. The first-order chi connectivity index (χ1) is 18.5. The van der Waals surface area contributed by atoms with Gasteiger partial charge in [0.1, 0.15) is 22.8 Å². The number of fused-ring (bicyclic) bond motifs is 2. The van der Waals surface area contributed by atoms with E-state index >= 15 is 0 Å². The van der Waals surface area contributed by atoms with Crippen molar-refractivity contribution >= 4 is 50.1 Å². The van der Waals surface area contributed by atoms with E-state index in [1.54, 1.807) is 12.3 Å². The number of halogens is 1. The molecule has 9 nitrogen and oxygen atoms in total. The summed E-state index contributed by atoms with van der Waals surface area (Å²) >= 11 is 1.48. The average molecular weight is 528 g/mol. The lowest BCUT2D eigenvalue weighted by Gasteiger charge is -2.08. The van der Waals surface area contributed by atoms with E-state index in [0.29, 0.717) is 25.3 Å². The van der Waals surface area contributed by atoms with Gasteiger partial charge in [-0.15, -0.1) is 11.3 Å². The second kappa shape index (κ2) is 10.1. The molecule has 2 aromatic carbocycles. The van der Waals surface area contributed by atoms with E-state index in [0.717, 1.165) is 37.2 Å². The third kappa shape index (κ3) is 5.13. The van der Waals surface area contributed by atoms with Gasteiger partial charge in [0.25, 0.3) is 0 Å². The lowest BCUT2D eigenvalue weighted by Crippen LogP contribution is -2.34. The van der Waals surface area contributed by atoms with Crippen molar-refractivity contribution in [3.8, 4) is 11.8 Å². The summed E-state index contributed by atoms with van der Waals surface area (Å²) in [5.74, 6) is 6.80. The van der Waals surface area contributed by atoms with E-state index in [4.69, 9.17) is 5.11 Å². The van der Waals surface area contributed by atoms with Crippen molar-refractivity contribution in [1.82, 2.24) is 30.4 Å². The molecule has 0 radical (unpaired) electrons. The Morgan fingerprint density at radius 1 is 1.24 bits per heavy atom. The molecule has 190 valence electrons. The third-order valence-electron chi connectivity index (χ3n) is 6.28. The van der Waals surface area contributed by atoms with E-state index in [-0.39, 0.29) is 17.9 Å². The molecule has 0 bridgehead atoms. The molecule has 1 fully saturated rings. The van der Waals surface area contributed by atoms with Gasteiger partial charge in [-0.25, -0.2) is 19.2 Å². The van der Waals surface area contributed by atoms with Crippen LogP contribution < -0.4 is 16.0 Å². The summed E-state index contributed by atoms with van der Waals surface area (Å²) in [6.45, 7) is 1.04. The Kier molecular flexibility index (Phi) is 6.33. The number of nitrogens with one attached hydrogen (secondary N) is 3. The van der Waals surface area contributed by atoms with Crippen LogP contribution in [0, 0.1) is 17.7 Å². The molecule has 0 aliphatic carbocycles. The summed E-state index contributed by atoms with van der Waals surface area (Å²) < 4.78 is 15.4. The summed E-state index contributed by atoms with van der Waals surface area (Å²) in [5, 5.41) is 24.3. The first-order valence-corrected chi connectivity index (χ1v) is 12.8. The minimum atomic E-state index is -1.02. The first kappa shape index (κ1) is 23.8. The van der Waals surface area contributed by atoms with Crippen molar-refractivity contribution < 1.29 is 14.3 Å². The maximum Gasteiger partial charge on any atom is 0.404 e. The highest BCUT2D eigenvalue weighted by Gasteiger charge is 2.23. The number of amides is 1. The van der Waals surface area contributed by atoms with E-state index in [9.17, 15) is 9.18 Å². The first-order valence-electron chi connectivity index (χ1n) is 12.0. The van der Waals surface area contributed by atoms with Crippen LogP contribution >= 0.6 is 11.3 Å². The number of carbonyl (C=O) groups is 1. The summed E-state index contributed by atoms with van der Waals surface area (Å²) in [6.07, 6.45) is 2.92. The molecule has 4 N–H and O–H groups in total. The minimum absolute atomic E-state index is 0.0747. The molecule has 4 heterocycles. The SMILES string of the molecule is O=C(O)N[C@H]1CN[C@H](C#Cc2cc3c(Nc4ccc5c(cnn5Cc5cccc(F)c5)c4)ncnc3s2)C1. The molecule has 11 heteroatoms. The average Bonchev–Trinajstić information content (AvgIpc) is 3.61. The minimum Gasteiger partial charge on any atom is -0.465 e. The third-order valence-corrected chi connectivity index (χ3v) is 7.24. The van der Waals surface area contributed by atoms with Crippen molar-refractivity contribution in [3.05, 3.63) is 77.3 Å². The number of nitrogens with zero attached hydrogens (tertiary/aromatic N) is 4. The number of thiophene rings is 1. The predicted octanol–water partition coefficient (Wildman–Crippen LogP) is 4.32. The molecule has 1 saturated heterocycles. The van der Waals surface area contributed by atoms with Crippen molar-refractivity contribution in [1.29, 1.82) is 0 Å².